The van der Waals surface area contributed by atoms with E-state index in [-0.39, 0.29) is 12.5 Å². The molecule has 6 nitrogen and oxygen atoms in total. The summed E-state index contributed by atoms with van der Waals surface area (Å²) in [6.07, 6.45) is 7.21. The standard InChI is InChI=1S/C14H22N4O2S/c1-21-14-16-7-12(8-17-14)13(20)15-4-6-18-5-2-3-11(9-18)10-19/h7-8,11,19H,2-6,9-10H2,1H3,(H,15,20). The molecule has 1 amide bonds. The summed E-state index contributed by atoms with van der Waals surface area (Å²) in [6.45, 7) is 3.62. The maximum Gasteiger partial charge on any atom is 0.254 e. The van der Waals surface area contributed by atoms with Gasteiger partial charge in [-0.2, -0.15) is 0 Å². The number of carbonyl (C=O) groups excluding carboxylic acids is 1. The molecular formula is C14H22N4O2S. The maximum atomic E-state index is 12.0. The third-order valence-corrected chi connectivity index (χ3v) is 4.22. The van der Waals surface area contributed by atoms with Gasteiger partial charge in [-0.25, -0.2) is 9.97 Å². The second kappa shape index (κ2) is 8.31. The molecule has 21 heavy (non-hydrogen) atoms. The third-order valence-electron chi connectivity index (χ3n) is 3.65. The van der Waals surface area contributed by atoms with E-state index < -0.39 is 0 Å². The van der Waals surface area contributed by atoms with Crippen LogP contribution in [0.1, 0.15) is 23.2 Å². The van der Waals surface area contributed by atoms with Crippen LogP contribution in [0.15, 0.2) is 17.6 Å². The minimum Gasteiger partial charge on any atom is -0.396 e. The summed E-state index contributed by atoms with van der Waals surface area (Å²) in [6, 6.07) is 0. The molecule has 0 saturated carbocycles. The summed E-state index contributed by atoms with van der Waals surface area (Å²) in [4.78, 5) is 22.4. The second-order valence-corrected chi connectivity index (χ2v) is 5.98. The maximum absolute atomic E-state index is 12.0. The molecule has 2 rings (SSSR count). The SMILES string of the molecule is CSc1ncc(C(=O)NCCN2CCCC(CO)C2)cn1. The first-order valence-electron chi connectivity index (χ1n) is 7.20. The van der Waals surface area contributed by atoms with Crippen molar-refractivity contribution in [1.29, 1.82) is 0 Å². The lowest BCUT2D eigenvalue weighted by atomic mass is 9.99. The Morgan fingerprint density at radius 3 is 2.95 bits per heavy atom. The van der Waals surface area contributed by atoms with Gasteiger partial charge in [0.2, 0.25) is 0 Å². The van der Waals surface area contributed by atoms with Gasteiger partial charge in [0.15, 0.2) is 5.16 Å². The number of likely N-dealkylation sites (tertiary alicyclic amines) is 1. The summed E-state index contributed by atoms with van der Waals surface area (Å²) in [5, 5.41) is 12.8. The van der Waals surface area contributed by atoms with Gasteiger partial charge in [-0.15, -0.1) is 0 Å². The number of amides is 1. The van der Waals surface area contributed by atoms with Crippen LogP contribution in [-0.4, -0.2) is 64.9 Å². The van der Waals surface area contributed by atoms with Crippen molar-refractivity contribution >= 4 is 17.7 Å². The van der Waals surface area contributed by atoms with Crippen LogP contribution >= 0.6 is 11.8 Å². The number of nitrogens with one attached hydrogen (secondary N) is 1. The van der Waals surface area contributed by atoms with Crippen LogP contribution in [-0.2, 0) is 0 Å². The molecule has 1 aliphatic rings. The number of aliphatic hydroxyl groups excluding tert-OH is 1. The highest BCUT2D eigenvalue weighted by Gasteiger charge is 2.18. The molecule has 1 saturated heterocycles. The van der Waals surface area contributed by atoms with Crippen molar-refractivity contribution in [2.45, 2.75) is 18.0 Å². The zero-order valence-electron chi connectivity index (χ0n) is 12.3. The quantitative estimate of drug-likeness (QED) is 0.593. The molecule has 0 aliphatic carbocycles. The van der Waals surface area contributed by atoms with Gasteiger partial charge < -0.3 is 15.3 Å². The number of thioether (sulfide) groups is 1. The number of hydrogen-bond acceptors (Lipinski definition) is 6. The Morgan fingerprint density at radius 1 is 1.52 bits per heavy atom. The predicted octanol–water partition coefficient (Wildman–Crippen LogP) is 0.633. The van der Waals surface area contributed by atoms with Gasteiger partial charge >= 0.3 is 0 Å². The van der Waals surface area contributed by atoms with Crippen LogP contribution < -0.4 is 5.32 Å². The van der Waals surface area contributed by atoms with Crippen molar-refractivity contribution in [2.75, 3.05) is 39.0 Å². The fourth-order valence-corrected chi connectivity index (χ4v) is 2.79. The Kier molecular flexibility index (Phi) is 6.41. The van der Waals surface area contributed by atoms with Gasteiger partial charge in [-0.3, -0.25) is 4.79 Å². The molecule has 0 aromatic carbocycles. The van der Waals surface area contributed by atoms with Crippen molar-refractivity contribution < 1.29 is 9.90 Å². The van der Waals surface area contributed by atoms with Crippen molar-refractivity contribution in [3.05, 3.63) is 18.0 Å². The molecule has 0 radical (unpaired) electrons. The van der Waals surface area contributed by atoms with E-state index in [1.807, 2.05) is 6.26 Å². The van der Waals surface area contributed by atoms with Crippen LogP contribution in [0.4, 0.5) is 0 Å². The fourth-order valence-electron chi connectivity index (χ4n) is 2.47. The van der Waals surface area contributed by atoms with Crippen LogP contribution in [0.3, 0.4) is 0 Å². The Balaban J connectivity index is 1.73. The molecule has 2 N–H and O–H groups in total. The lowest BCUT2D eigenvalue weighted by molar-refractivity contribution is 0.0930. The minimum absolute atomic E-state index is 0.140. The molecule has 0 spiro atoms. The third kappa shape index (κ3) is 4.94. The van der Waals surface area contributed by atoms with Gasteiger partial charge in [-0.05, 0) is 31.6 Å². The normalized spacial score (nSPS) is 19.4. The number of hydrogen-bond donors (Lipinski definition) is 2. The second-order valence-electron chi connectivity index (χ2n) is 5.21. The molecule has 1 aromatic heterocycles. The number of aliphatic hydroxyl groups is 1. The van der Waals surface area contributed by atoms with Crippen LogP contribution in [0, 0.1) is 5.92 Å². The summed E-state index contributed by atoms with van der Waals surface area (Å²) in [7, 11) is 0. The van der Waals surface area contributed by atoms with Gasteiger partial charge in [0.05, 0.1) is 5.56 Å². The Hall–Kier alpha value is -1.18. The zero-order valence-corrected chi connectivity index (χ0v) is 13.1. The first kappa shape index (κ1) is 16.2. The van der Waals surface area contributed by atoms with Crippen molar-refractivity contribution in [3.63, 3.8) is 0 Å². The van der Waals surface area contributed by atoms with Crippen LogP contribution in [0.2, 0.25) is 0 Å². The highest BCUT2D eigenvalue weighted by Crippen LogP contribution is 2.14. The van der Waals surface area contributed by atoms with Crippen LogP contribution in [0.5, 0.6) is 0 Å². The highest BCUT2D eigenvalue weighted by atomic mass is 32.2. The summed E-state index contributed by atoms with van der Waals surface area (Å²) < 4.78 is 0. The number of carbonyl (C=O) groups is 1. The molecule has 116 valence electrons. The number of aromatic nitrogens is 2. The van der Waals surface area contributed by atoms with E-state index in [4.69, 9.17) is 0 Å². The van der Waals surface area contributed by atoms with E-state index >= 15 is 0 Å². The summed E-state index contributed by atoms with van der Waals surface area (Å²) in [5.74, 6) is 0.236. The molecule has 7 heteroatoms. The molecule has 1 aliphatic heterocycles. The molecule has 0 bridgehead atoms. The first-order chi connectivity index (χ1) is 10.2. The Morgan fingerprint density at radius 2 is 2.29 bits per heavy atom. The highest BCUT2D eigenvalue weighted by molar-refractivity contribution is 7.98. The van der Waals surface area contributed by atoms with E-state index in [9.17, 15) is 9.90 Å². The summed E-state index contributed by atoms with van der Waals surface area (Å²) in [5.41, 5.74) is 0.486. The van der Waals surface area contributed by atoms with Crippen molar-refractivity contribution in [2.24, 2.45) is 5.92 Å². The topological polar surface area (TPSA) is 78.4 Å². The smallest absolute Gasteiger partial charge is 0.254 e. The van der Waals surface area contributed by atoms with Crippen molar-refractivity contribution in [3.8, 4) is 0 Å². The largest absolute Gasteiger partial charge is 0.396 e. The summed E-state index contributed by atoms with van der Waals surface area (Å²) >= 11 is 1.45. The van der Waals surface area contributed by atoms with Gasteiger partial charge in [-0.1, -0.05) is 11.8 Å². The minimum atomic E-state index is -0.140. The molecule has 1 unspecified atom stereocenters. The lowest BCUT2D eigenvalue weighted by Gasteiger charge is -2.31. The first-order valence-corrected chi connectivity index (χ1v) is 8.43. The van der Waals surface area contributed by atoms with E-state index in [1.54, 1.807) is 12.4 Å². The zero-order chi connectivity index (χ0) is 15.1. The molecule has 1 atom stereocenters. The predicted molar refractivity (Wildman–Crippen MR) is 82.4 cm³/mol. The molecule has 1 fully saturated rings. The average molecular weight is 310 g/mol. The molecule has 1 aromatic rings. The van der Waals surface area contributed by atoms with E-state index in [0.29, 0.717) is 23.2 Å². The van der Waals surface area contributed by atoms with E-state index in [2.05, 4.69) is 20.2 Å². The number of rotatable bonds is 6. The Labute approximate surface area is 129 Å². The van der Waals surface area contributed by atoms with Crippen LogP contribution in [0.25, 0.3) is 0 Å². The molecule has 2 heterocycles. The fraction of sp³-hybridized carbons (Fsp3) is 0.643. The van der Waals surface area contributed by atoms with E-state index in [0.717, 1.165) is 32.5 Å². The lowest BCUT2D eigenvalue weighted by Crippen LogP contribution is -2.41. The number of nitrogens with zero attached hydrogens (tertiary/aromatic N) is 3. The van der Waals surface area contributed by atoms with Gasteiger partial charge in [0.1, 0.15) is 0 Å². The van der Waals surface area contributed by atoms with Crippen molar-refractivity contribution in [1.82, 2.24) is 20.2 Å². The van der Waals surface area contributed by atoms with E-state index in [1.165, 1.54) is 11.8 Å². The average Bonchev–Trinajstić information content (AvgIpc) is 2.55. The number of piperidine rings is 1. The van der Waals surface area contributed by atoms with Gasteiger partial charge in [0, 0.05) is 38.6 Å². The van der Waals surface area contributed by atoms with Gasteiger partial charge in [0.25, 0.3) is 5.91 Å². The molecular weight excluding hydrogens is 288 g/mol. The monoisotopic (exact) mass is 310 g/mol. The Bertz CT molecular complexity index is 455.